The van der Waals surface area contributed by atoms with Crippen LogP contribution in [0.1, 0.15) is 52.4 Å². The molecule has 1 atom stereocenters. The molecule has 0 spiro atoms. The highest BCUT2D eigenvalue weighted by atomic mass is 32.1. The summed E-state index contributed by atoms with van der Waals surface area (Å²) in [5, 5.41) is 14.4. The summed E-state index contributed by atoms with van der Waals surface area (Å²) < 4.78 is 5.48. The van der Waals surface area contributed by atoms with E-state index in [2.05, 4.69) is 25.3 Å². The van der Waals surface area contributed by atoms with Crippen LogP contribution in [0.3, 0.4) is 0 Å². The first kappa shape index (κ1) is 12.7. The molecule has 7 heteroatoms. The molecule has 3 heterocycles. The summed E-state index contributed by atoms with van der Waals surface area (Å²) in [5.74, 6) is 1.57. The minimum atomic E-state index is 0.172. The van der Waals surface area contributed by atoms with Crippen LogP contribution < -0.4 is 0 Å². The minimum absolute atomic E-state index is 0.172. The number of H-pyrrole nitrogens is 1. The van der Waals surface area contributed by atoms with E-state index >= 15 is 0 Å². The van der Waals surface area contributed by atoms with E-state index in [-0.39, 0.29) is 5.92 Å². The van der Waals surface area contributed by atoms with E-state index in [0.29, 0.717) is 18.1 Å². The zero-order valence-electron chi connectivity index (χ0n) is 11.7. The highest BCUT2D eigenvalue weighted by Gasteiger charge is 2.28. The molecule has 108 valence electrons. The number of thiazole rings is 1. The van der Waals surface area contributed by atoms with E-state index in [1.54, 1.807) is 11.3 Å². The smallest absolute Gasteiger partial charge is 0.234 e. The molecule has 0 amide bonds. The average molecular weight is 301 g/mol. The topological polar surface area (TPSA) is 80.5 Å². The van der Waals surface area contributed by atoms with Gasteiger partial charge >= 0.3 is 0 Å². The Morgan fingerprint density at radius 1 is 1.43 bits per heavy atom. The quantitative estimate of drug-likeness (QED) is 0.804. The van der Waals surface area contributed by atoms with Gasteiger partial charge in [0.15, 0.2) is 5.82 Å². The molecule has 1 aliphatic rings. The average Bonchev–Trinajstić information content (AvgIpc) is 3.19. The number of aromatic nitrogens is 5. The van der Waals surface area contributed by atoms with E-state index in [0.717, 1.165) is 30.0 Å². The zero-order valence-corrected chi connectivity index (χ0v) is 12.5. The third-order valence-corrected chi connectivity index (χ3v) is 4.66. The number of nitrogens with zero attached hydrogens (tertiary/aromatic N) is 4. The van der Waals surface area contributed by atoms with Crippen LogP contribution in [0.2, 0.25) is 0 Å². The van der Waals surface area contributed by atoms with E-state index in [9.17, 15) is 0 Å². The molecule has 0 radical (unpaired) electrons. The Hall–Kier alpha value is -2.02. The Bertz CT molecular complexity index is 759. The van der Waals surface area contributed by atoms with Gasteiger partial charge in [0.25, 0.3) is 0 Å². The van der Waals surface area contributed by atoms with E-state index < -0.39 is 0 Å². The fourth-order valence-corrected chi connectivity index (χ4v) is 3.46. The number of hydrogen-bond acceptors (Lipinski definition) is 6. The molecule has 0 saturated carbocycles. The summed E-state index contributed by atoms with van der Waals surface area (Å²) in [6, 6.07) is 0. The van der Waals surface area contributed by atoms with Gasteiger partial charge in [-0.2, -0.15) is 10.1 Å². The summed E-state index contributed by atoms with van der Waals surface area (Å²) in [4.78, 5) is 9.00. The van der Waals surface area contributed by atoms with Gasteiger partial charge in [-0.1, -0.05) is 5.16 Å². The Balaban J connectivity index is 1.58. The molecule has 3 aromatic rings. The zero-order chi connectivity index (χ0) is 14.2. The predicted octanol–water partition coefficient (Wildman–Crippen LogP) is 2.62. The molecule has 0 fully saturated rings. The van der Waals surface area contributed by atoms with Crippen molar-refractivity contribution < 1.29 is 4.52 Å². The second-order valence-corrected chi connectivity index (χ2v) is 6.39. The van der Waals surface area contributed by atoms with Crippen LogP contribution >= 0.6 is 11.3 Å². The summed E-state index contributed by atoms with van der Waals surface area (Å²) in [5.41, 5.74) is 3.39. The van der Waals surface area contributed by atoms with Gasteiger partial charge in [0.1, 0.15) is 0 Å². The van der Waals surface area contributed by atoms with Gasteiger partial charge in [0.2, 0.25) is 5.89 Å². The minimum Gasteiger partial charge on any atom is -0.339 e. The van der Waals surface area contributed by atoms with Crippen molar-refractivity contribution in [2.24, 2.45) is 0 Å². The highest BCUT2D eigenvalue weighted by Crippen LogP contribution is 2.34. The van der Waals surface area contributed by atoms with Crippen LogP contribution in [0.5, 0.6) is 0 Å². The maximum Gasteiger partial charge on any atom is 0.234 e. The maximum absolute atomic E-state index is 5.48. The van der Waals surface area contributed by atoms with Crippen molar-refractivity contribution in [2.75, 3.05) is 0 Å². The summed E-state index contributed by atoms with van der Waals surface area (Å²) in [6.07, 6.45) is 5.70. The van der Waals surface area contributed by atoms with Gasteiger partial charge in [-0.3, -0.25) is 5.10 Å². The van der Waals surface area contributed by atoms with Crippen molar-refractivity contribution in [1.82, 2.24) is 25.3 Å². The molecule has 0 bridgehead atoms. The molecule has 4 rings (SSSR count). The molecule has 0 aromatic carbocycles. The molecule has 1 unspecified atom stereocenters. The number of aromatic amines is 1. The molecule has 1 aliphatic carbocycles. The molecule has 0 saturated heterocycles. The van der Waals surface area contributed by atoms with Gasteiger partial charge in [-0.05, 0) is 26.2 Å². The van der Waals surface area contributed by atoms with Crippen LogP contribution in [-0.2, 0) is 12.8 Å². The van der Waals surface area contributed by atoms with Crippen molar-refractivity contribution >= 4 is 11.3 Å². The van der Waals surface area contributed by atoms with Crippen LogP contribution in [0.25, 0.3) is 0 Å². The molecule has 3 aromatic heterocycles. The SMILES string of the molecule is Cc1nc(Cc2noc(C3CCCc4[nH]ncc43)n2)cs1. The first-order chi connectivity index (χ1) is 10.3. The summed E-state index contributed by atoms with van der Waals surface area (Å²) in [7, 11) is 0. The second-order valence-electron chi connectivity index (χ2n) is 5.33. The fourth-order valence-electron chi connectivity index (χ4n) is 2.85. The second kappa shape index (κ2) is 5.07. The van der Waals surface area contributed by atoms with Crippen molar-refractivity contribution in [2.45, 2.75) is 38.5 Å². The van der Waals surface area contributed by atoms with Crippen molar-refractivity contribution in [3.8, 4) is 0 Å². The Labute approximate surface area is 125 Å². The number of aryl methyl sites for hydroxylation is 2. The van der Waals surface area contributed by atoms with Crippen LogP contribution in [-0.4, -0.2) is 25.3 Å². The molecule has 0 aliphatic heterocycles. The number of fused-ring (bicyclic) bond motifs is 1. The first-order valence-electron chi connectivity index (χ1n) is 7.05. The van der Waals surface area contributed by atoms with E-state index in [1.165, 1.54) is 11.3 Å². The maximum atomic E-state index is 5.48. The van der Waals surface area contributed by atoms with Crippen LogP contribution in [0.15, 0.2) is 16.1 Å². The third kappa shape index (κ3) is 2.37. The number of rotatable bonds is 3. The Morgan fingerprint density at radius 3 is 3.24 bits per heavy atom. The summed E-state index contributed by atoms with van der Waals surface area (Å²) in [6.45, 7) is 2.00. The monoisotopic (exact) mass is 301 g/mol. The molecular weight excluding hydrogens is 286 g/mol. The lowest BCUT2D eigenvalue weighted by atomic mass is 9.87. The van der Waals surface area contributed by atoms with Gasteiger partial charge in [-0.25, -0.2) is 4.98 Å². The number of hydrogen-bond donors (Lipinski definition) is 1. The normalized spacial score (nSPS) is 17.9. The van der Waals surface area contributed by atoms with E-state index in [4.69, 9.17) is 4.52 Å². The Kier molecular flexibility index (Phi) is 3.07. The third-order valence-electron chi connectivity index (χ3n) is 3.83. The van der Waals surface area contributed by atoms with Gasteiger partial charge in [0.05, 0.1) is 29.2 Å². The molecule has 1 N–H and O–H groups in total. The lowest BCUT2D eigenvalue weighted by Crippen LogP contribution is -2.10. The lowest BCUT2D eigenvalue weighted by Gasteiger charge is -2.17. The lowest BCUT2D eigenvalue weighted by molar-refractivity contribution is 0.350. The highest BCUT2D eigenvalue weighted by molar-refractivity contribution is 7.09. The van der Waals surface area contributed by atoms with Gasteiger partial charge in [-0.15, -0.1) is 11.3 Å². The van der Waals surface area contributed by atoms with Gasteiger partial charge < -0.3 is 4.52 Å². The van der Waals surface area contributed by atoms with Crippen LogP contribution in [0, 0.1) is 6.92 Å². The van der Waals surface area contributed by atoms with Gasteiger partial charge in [0, 0.05) is 16.6 Å². The predicted molar refractivity (Wildman–Crippen MR) is 77.3 cm³/mol. The van der Waals surface area contributed by atoms with Crippen molar-refractivity contribution in [3.63, 3.8) is 0 Å². The largest absolute Gasteiger partial charge is 0.339 e. The standard InChI is InChI=1S/C14H15N5OS/c1-8-16-9(7-21-8)5-13-17-14(20-19-13)10-3-2-4-12-11(10)6-15-18-12/h6-7,10H,2-5H2,1H3,(H,15,18). The first-order valence-corrected chi connectivity index (χ1v) is 7.93. The number of nitrogens with one attached hydrogen (secondary N) is 1. The van der Waals surface area contributed by atoms with E-state index in [1.807, 2.05) is 18.5 Å². The molecule has 21 heavy (non-hydrogen) atoms. The molecule has 6 nitrogen and oxygen atoms in total. The van der Waals surface area contributed by atoms with Crippen molar-refractivity contribution in [1.29, 1.82) is 0 Å². The Morgan fingerprint density at radius 2 is 2.38 bits per heavy atom. The summed E-state index contributed by atoms with van der Waals surface area (Å²) >= 11 is 1.64. The fraction of sp³-hybridized carbons (Fsp3) is 0.429. The van der Waals surface area contributed by atoms with Crippen molar-refractivity contribution in [3.05, 3.63) is 45.3 Å². The van der Waals surface area contributed by atoms with Crippen LogP contribution in [0.4, 0.5) is 0 Å². The molecular formula is C14H15N5OS.